The average molecular weight is 294 g/mol. The number of halogens is 1. The van der Waals surface area contributed by atoms with E-state index < -0.39 is 0 Å². The number of nitrogens with two attached hydrogens (primary N) is 1. The molecule has 3 rings (SSSR count). The van der Waals surface area contributed by atoms with E-state index in [0.717, 1.165) is 23.7 Å². The molecule has 20 heavy (non-hydrogen) atoms. The van der Waals surface area contributed by atoms with E-state index in [1.807, 2.05) is 13.0 Å². The van der Waals surface area contributed by atoms with Crippen molar-refractivity contribution in [1.29, 1.82) is 0 Å². The highest BCUT2D eigenvalue weighted by molar-refractivity contribution is 6.33. The molecular formula is C16H24ClN3. The van der Waals surface area contributed by atoms with E-state index in [0.29, 0.717) is 6.04 Å². The summed E-state index contributed by atoms with van der Waals surface area (Å²) in [5, 5.41) is 0.839. The van der Waals surface area contributed by atoms with Gasteiger partial charge in [-0.15, -0.1) is 0 Å². The van der Waals surface area contributed by atoms with E-state index in [2.05, 4.69) is 21.9 Å². The standard InChI is InChI=1S/C16H24ClN3/c1-12(18)13-5-6-16(15(17)10-13)20-9-3-8-19-7-2-4-14(19)11-20/h5-6,10,12,14H,2-4,7-9,11,18H2,1H3/t12-,14?/m1/s1. The van der Waals surface area contributed by atoms with Gasteiger partial charge in [0.1, 0.15) is 0 Å². The second kappa shape index (κ2) is 5.92. The molecule has 1 aromatic rings. The first-order valence-corrected chi connectivity index (χ1v) is 8.07. The zero-order chi connectivity index (χ0) is 14.1. The Kier molecular flexibility index (Phi) is 4.20. The third-order valence-electron chi connectivity index (χ3n) is 4.64. The van der Waals surface area contributed by atoms with Gasteiger partial charge in [-0.1, -0.05) is 17.7 Å². The third-order valence-corrected chi connectivity index (χ3v) is 4.94. The van der Waals surface area contributed by atoms with Crippen molar-refractivity contribution in [3.63, 3.8) is 0 Å². The number of hydrogen-bond donors (Lipinski definition) is 1. The van der Waals surface area contributed by atoms with Crippen molar-refractivity contribution < 1.29 is 0 Å². The lowest BCUT2D eigenvalue weighted by atomic mass is 10.1. The smallest absolute Gasteiger partial charge is 0.0642 e. The van der Waals surface area contributed by atoms with Gasteiger partial charge in [-0.2, -0.15) is 0 Å². The van der Waals surface area contributed by atoms with E-state index >= 15 is 0 Å². The Bertz CT molecular complexity index is 475. The summed E-state index contributed by atoms with van der Waals surface area (Å²) in [5.41, 5.74) is 8.21. The molecule has 0 saturated carbocycles. The van der Waals surface area contributed by atoms with E-state index in [1.165, 1.54) is 38.0 Å². The van der Waals surface area contributed by atoms with Crippen molar-refractivity contribution in [2.45, 2.75) is 38.3 Å². The maximum absolute atomic E-state index is 6.49. The number of rotatable bonds is 2. The summed E-state index contributed by atoms with van der Waals surface area (Å²) in [6.07, 6.45) is 3.89. The van der Waals surface area contributed by atoms with Gasteiger partial charge < -0.3 is 10.6 Å². The molecule has 2 saturated heterocycles. The molecule has 2 atom stereocenters. The van der Waals surface area contributed by atoms with Crippen LogP contribution in [-0.2, 0) is 0 Å². The van der Waals surface area contributed by atoms with Crippen molar-refractivity contribution in [2.75, 3.05) is 31.1 Å². The van der Waals surface area contributed by atoms with E-state index in [9.17, 15) is 0 Å². The van der Waals surface area contributed by atoms with Crippen molar-refractivity contribution >= 4 is 17.3 Å². The molecule has 0 spiro atoms. The van der Waals surface area contributed by atoms with Crippen LogP contribution in [0.4, 0.5) is 5.69 Å². The topological polar surface area (TPSA) is 32.5 Å². The highest BCUT2D eigenvalue weighted by atomic mass is 35.5. The lowest BCUT2D eigenvalue weighted by Gasteiger charge is -2.28. The summed E-state index contributed by atoms with van der Waals surface area (Å²) in [5.74, 6) is 0. The van der Waals surface area contributed by atoms with Gasteiger partial charge >= 0.3 is 0 Å². The molecule has 0 bridgehead atoms. The first-order chi connectivity index (χ1) is 9.65. The largest absolute Gasteiger partial charge is 0.369 e. The Hall–Kier alpha value is -0.770. The Morgan fingerprint density at radius 2 is 2.05 bits per heavy atom. The van der Waals surface area contributed by atoms with Crippen molar-refractivity contribution in [2.24, 2.45) is 5.73 Å². The molecule has 1 unspecified atom stereocenters. The predicted molar refractivity (Wildman–Crippen MR) is 85.5 cm³/mol. The number of anilines is 1. The molecule has 3 nitrogen and oxygen atoms in total. The minimum Gasteiger partial charge on any atom is -0.369 e. The molecule has 0 amide bonds. The van der Waals surface area contributed by atoms with Gasteiger partial charge in [0.15, 0.2) is 0 Å². The van der Waals surface area contributed by atoms with Crippen LogP contribution in [0, 0.1) is 0 Å². The predicted octanol–water partition coefficient (Wildman–Crippen LogP) is 3.03. The summed E-state index contributed by atoms with van der Waals surface area (Å²) in [7, 11) is 0. The number of benzene rings is 1. The molecule has 4 heteroatoms. The fraction of sp³-hybridized carbons (Fsp3) is 0.625. The molecule has 2 aliphatic heterocycles. The van der Waals surface area contributed by atoms with Crippen LogP contribution >= 0.6 is 11.6 Å². The van der Waals surface area contributed by atoms with Crippen LogP contribution in [-0.4, -0.2) is 37.1 Å². The molecule has 0 radical (unpaired) electrons. The maximum atomic E-state index is 6.49. The Balaban J connectivity index is 1.81. The monoisotopic (exact) mass is 293 g/mol. The van der Waals surface area contributed by atoms with E-state index in [1.54, 1.807) is 0 Å². The number of hydrogen-bond acceptors (Lipinski definition) is 3. The van der Waals surface area contributed by atoms with Crippen LogP contribution in [0.1, 0.15) is 37.8 Å². The second-order valence-electron chi connectivity index (χ2n) is 6.13. The molecule has 0 aromatic heterocycles. The van der Waals surface area contributed by atoms with Crippen LogP contribution in [0.25, 0.3) is 0 Å². The molecule has 2 aliphatic rings. The molecule has 2 fully saturated rings. The quantitative estimate of drug-likeness (QED) is 0.910. The zero-order valence-corrected chi connectivity index (χ0v) is 12.9. The summed E-state index contributed by atoms with van der Waals surface area (Å²) >= 11 is 6.49. The molecular weight excluding hydrogens is 270 g/mol. The molecule has 110 valence electrons. The first-order valence-electron chi connectivity index (χ1n) is 7.69. The van der Waals surface area contributed by atoms with Gasteiger partial charge in [-0.3, -0.25) is 4.90 Å². The van der Waals surface area contributed by atoms with Gasteiger partial charge in [0, 0.05) is 31.7 Å². The Labute approximate surface area is 126 Å². The Morgan fingerprint density at radius 3 is 2.80 bits per heavy atom. The number of nitrogens with zero attached hydrogens (tertiary/aromatic N) is 2. The average Bonchev–Trinajstić information content (AvgIpc) is 2.76. The fourth-order valence-electron chi connectivity index (χ4n) is 3.49. The Morgan fingerprint density at radius 1 is 1.25 bits per heavy atom. The maximum Gasteiger partial charge on any atom is 0.0642 e. The number of fused-ring (bicyclic) bond motifs is 1. The van der Waals surface area contributed by atoms with Crippen LogP contribution in [0.15, 0.2) is 18.2 Å². The summed E-state index contributed by atoms with van der Waals surface area (Å²) in [6, 6.07) is 7.03. The summed E-state index contributed by atoms with van der Waals surface area (Å²) < 4.78 is 0. The fourth-order valence-corrected chi connectivity index (χ4v) is 3.80. The normalized spacial score (nSPS) is 25.4. The van der Waals surface area contributed by atoms with Gasteiger partial charge in [-0.25, -0.2) is 0 Å². The molecule has 1 aromatic carbocycles. The van der Waals surface area contributed by atoms with Crippen molar-refractivity contribution in [3.05, 3.63) is 28.8 Å². The summed E-state index contributed by atoms with van der Waals surface area (Å²) in [4.78, 5) is 5.10. The van der Waals surface area contributed by atoms with Crippen LogP contribution in [0.5, 0.6) is 0 Å². The van der Waals surface area contributed by atoms with E-state index in [4.69, 9.17) is 17.3 Å². The lowest BCUT2D eigenvalue weighted by Crippen LogP contribution is -2.36. The van der Waals surface area contributed by atoms with Crippen LogP contribution in [0.2, 0.25) is 5.02 Å². The van der Waals surface area contributed by atoms with Crippen LogP contribution in [0.3, 0.4) is 0 Å². The zero-order valence-electron chi connectivity index (χ0n) is 12.2. The highest BCUT2D eigenvalue weighted by Gasteiger charge is 2.29. The highest BCUT2D eigenvalue weighted by Crippen LogP contribution is 2.31. The molecule has 2 heterocycles. The third kappa shape index (κ3) is 2.80. The van der Waals surface area contributed by atoms with Crippen molar-refractivity contribution in [1.82, 2.24) is 4.90 Å². The lowest BCUT2D eigenvalue weighted by molar-refractivity contribution is 0.273. The molecule has 2 N–H and O–H groups in total. The van der Waals surface area contributed by atoms with Gasteiger partial charge in [0.05, 0.1) is 10.7 Å². The van der Waals surface area contributed by atoms with Gasteiger partial charge in [0.2, 0.25) is 0 Å². The van der Waals surface area contributed by atoms with Gasteiger partial charge in [0.25, 0.3) is 0 Å². The van der Waals surface area contributed by atoms with Crippen LogP contribution < -0.4 is 10.6 Å². The van der Waals surface area contributed by atoms with E-state index in [-0.39, 0.29) is 6.04 Å². The van der Waals surface area contributed by atoms with Crippen molar-refractivity contribution in [3.8, 4) is 0 Å². The first kappa shape index (κ1) is 14.2. The second-order valence-corrected chi connectivity index (χ2v) is 6.54. The minimum atomic E-state index is 0.0380. The molecule has 0 aliphatic carbocycles. The summed E-state index contributed by atoms with van der Waals surface area (Å²) in [6.45, 7) is 6.71. The minimum absolute atomic E-state index is 0.0380. The SMILES string of the molecule is C[C@@H](N)c1ccc(N2CCCN3CCCC3C2)c(Cl)c1. The van der Waals surface area contributed by atoms with Gasteiger partial charge in [-0.05, 0) is 50.4 Å².